The third kappa shape index (κ3) is 2.74. The Balaban J connectivity index is 1.60. The van der Waals surface area contributed by atoms with Crippen molar-refractivity contribution in [3.63, 3.8) is 0 Å². The Morgan fingerprint density at radius 3 is 2.79 bits per heavy atom. The summed E-state index contributed by atoms with van der Waals surface area (Å²) < 4.78 is 16.8. The van der Waals surface area contributed by atoms with Crippen molar-refractivity contribution in [2.45, 2.75) is 6.54 Å². The summed E-state index contributed by atoms with van der Waals surface area (Å²) in [6, 6.07) is 10.3. The van der Waals surface area contributed by atoms with Crippen molar-refractivity contribution in [3.8, 4) is 23.1 Å². The van der Waals surface area contributed by atoms with Crippen molar-refractivity contribution in [2.24, 2.45) is 0 Å². The van der Waals surface area contributed by atoms with E-state index in [0.717, 1.165) is 4.68 Å². The number of benzene rings is 1. The molecule has 24 heavy (non-hydrogen) atoms. The molecule has 4 aromatic rings. The molecule has 4 rings (SSSR count). The van der Waals surface area contributed by atoms with E-state index in [1.54, 1.807) is 36.4 Å². The van der Waals surface area contributed by atoms with Gasteiger partial charge in [0.15, 0.2) is 5.76 Å². The van der Waals surface area contributed by atoms with E-state index in [1.807, 2.05) is 0 Å². The molecular weight excluding hydrogens is 336 g/mol. The van der Waals surface area contributed by atoms with Gasteiger partial charge in [0.2, 0.25) is 11.8 Å². The summed E-state index contributed by atoms with van der Waals surface area (Å²) in [4.78, 5) is 11.8. The van der Waals surface area contributed by atoms with E-state index in [9.17, 15) is 4.79 Å². The van der Waals surface area contributed by atoms with Gasteiger partial charge >= 0.3 is 5.76 Å². The number of furan rings is 1. The standard InChI is InChI=1S/C15H9ClN4O4/c16-10-4-1-3-9(7-10)13-18-17-12(23-13)8-20-15(21)24-14(19-20)11-5-2-6-22-11/h1-7H,8H2. The van der Waals surface area contributed by atoms with E-state index in [2.05, 4.69) is 15.3 Å². The molecule has 0 saturated carbocycles. The van der Waals surface area contributed by atoms with Gasteiger partial charge in [-0.3, -0.25) is 0 Å². The molecule has 120 valence electrons. The molecule has 0 amide bonds. The van der Waals surface area contributed by atoms with Crippen molar-refractivity contribution < 1.29 is 13.3 Å². The lowest BCUT2D eigenvalue weighted by Crippen LogP contribution is -2.16. The van der Waals surface area contributed by atoms with E-state index in [1.165, 1.54) is 6.26 Å². The van der Waals surface area contributed by atoms with Crippen LogP contribution in [0.3, 0.4) is 0 Å². The van der Waals surface area contributed by atoms with Crippen molar-refractivity contribution in [2.75, 3.05) is 0 Å². The van der Waals surface area contributed by atoms with Crippen molar-refractivity contribution in [1.29, 1.82) is 0 Å². The van der Waals surface area contributed by atoms with Crippen LogP contribution in [0.1, 0.15) is 5.89 Å². The van der Waals surface area contributed by atoms with Gasteiger partial charge in [-0.05, 0) is 30.3 Å². The normalized spacial score (nSPS) is 11.0. The summed E-state index contributed by atoms with van der Waals surface area (Å²) in [5.41, 5.74) is 0.685. The van der Waals surface area contributed by atoms with E-state index < -0.39 is 5.76 Å². The number of halogens is 1. The maximum atomic E-state index is 11.8. The number of rotatable bonds is 4. The zero-order chi connectivity index (χ0) is 16.5. The van der Waals surface area contributed by atoms with Crippen LogP contribution in [-0.2, 0) is 6.54 Å². The first-order chi connectivity index (χ1) is 11.7. The van der Waals surface area contributed by atoms with Gasteiger partial charge < -0.3 is 13.3 Å². The number of aromatic nitrogens is 4. The zero-order valence-corrected chi connectivity index (χ0v) is 12.8. The molecule has 3 aromatic heterocycles. The van der Waals surface area contributed by atoms with Crippen LogP contribution in [0.25, 0.3) is 23.1 Å². The van der Waals surface area contributed by atoms with Crippen LogP contribution in [0.2, 0.25) is 5.02 Å². The molecule has 0 aliphatic carbocycles. The molecule has 0 spiro atoms. The molecule has 0 atom stereocenters. The molecule has 0 N–H and O–H groups in total. The molecular formula is C15H9ClN4O4. The average molecular weight is 345 g/mol. The van der Waals surface area contributed by atoms with E-state index in [-0.39, 0.29) is 18.3 Å². The minimum atomic E-state index is -0.649. The third-order valence-electron chi connectivity index (χ3n) is 3.16. The monoisotopic (exact) mass is 344 g/mol. The van der Waals surface area contributed by atoms with Crippen molar-refractivity contribution >= 4 is 11.6 Å². The lowest BCUT2D eigenvalue weighted by molar-refractivity contribution is 0.442. The smallest absolute Gasteiger partial charge is 0.437 e. The SMILES string of the molecule is O=c1oc(-c2ccco2)nn1Cc1nnc(-c2cccc(Cl)c2)o1. The largest absolute Gasteiger partial charge is 0.459 e. The fraction of sp³-hybridized carbons (Fsp3) is 0.0667. The van der Waals surface area contributed by atoms with Gasteiger partial charge in [0.1, 0.15) is 6.54 Å². The Bertz CT molecular complexity index is 1030. The van der Waals surface area contributed by atoms with Gasteiger partial charge in [-0.25, -0.2) is 4.79 Å². The minimum Gasteiger partial charge on any atom is -0.459 e. The first kappa shape index (κ1) is 14.5. The van der Waals surface area contributed by atoms with Crippen LogP contribution < -0.4 is 5.76 Å². The van der Waals surface area contributed by atoms with Gasteiger partial charge in [-0.15, -0.1) is 15.3 Å². The quantitative estimate of drug-likeness (QED) is 0.561. The van der Waals surface area contributed by atoms with Crippen LogP contribution in [0.4, 0.5) is 0 Å². The van der Waals surface area contributed by atoms with Crippen LogP contribution in [0.5, 0.6) is 0 Å². The highest BCUT2D eigenvalue weighted by atomic mass is 35.5. The molecule has 9 heteroatoms. The molecule has 0 fully saturated rings. The van der Waals surface area contributed by atoms with Crippen LogP contribution in [0, 0.1) is 0 Å². The van der Waals surface area contributed by atoms with Crippen LogP contribution in [0.15, 0.2) is 60.7 Å². The fourth-order valence-electron chi connectivity index (χ4n) is 2.09. The van der Waals surface area contributed by atoms with Gasteiger partial charge in [0, 0.05) is 10.6 Å². The summed E-state index contributed by atoms with van der Waals surface area (Å²) in [6.45, 7) is -0.0173. The number of hydrogen-bond donors (Lipinski definition) is 0. The molecule has 3 heterocycles. The zero-order valence-electron chi connectivity index (χ0n) is 12.0. The predicted octanol–water partition coefficient (Wildman–Crippen LogP) is 2.85. The van der Waals surface area contributed by atoms with Crippen molar-refractivity contribution in [1.82, 2.24) is 20.0 Å². The van der Waals surface area contributed by atoms with Gasteiger partial charge in [-0.2, -0.15) is 4.68 Å². The average Bonchev–Trinajstić information content (AvgIpc) is 3.30. The van der Waals surface area contributed by atoms with E-state index >= 15 is 0 Å². The highest BCUT2D eigenvalue weighted by molar-refractivity contribution is 6.30. The summed E-state index contributed by atoms with van der Waals surface area (Å²) >= 11 is 5.94. The van der Waals surface area contributed by atoms with Crippen LogP contribution >= 0.6 is 11.6 Å². The Morgan fingerprint density at radius 1 is 1.08 bits per heavy atom. The maximum Gasteiger partial charge on any atom is 0.437 e. The van der Waals surface area contributed by atoms with E-state index in [4.69, 9.17) is 24.9 Å². The molecule has 0 aliphatic heterocycles. The molecule has 1 aromatic carbocycles. The third-order valence-corrected chi connectivity index (χ3v) is 3.40. The summed E-state index contributed by atoms with van der Waals surface area (Å²) in [7, 11) is 0. The van der Waals surface area contributed by atoms with Gasteiger partial charge in [0.25, 0.3) is 5.89 Å². The molecule has 8 nitrogen and oxygen atoms in total. The summed E-state index contributed by atoms with van der Waals surface area (Å²) in [6.07, 6.45) is 1.46. The lowest BCUT2D eigenvalue weighted by atomic mass is 10.2. The van der Waals surface area contributed by atoms with Crippen LogP contribution in [-0.4, -0.2) is 20.0 Å². The van der Waals surface area contributed by atoms with E-state index in [0.29, 0.717) is 22.2 Å². The number of nitrogens with zero attached hydrogens (tertiary/aromatic N) is 4. The second-order valence-corrected chi connectivity index (χ2v) is 5.26. The first-order valence-electron chi connectivity index (χ1n) is 6.89. The minimum absolute atomic E-state index is 0.0173. The first-order valence-corrected chi connectivity index (χ1v) is 7.27. The molecule has 0 aliphatic rings. The Kier molecular flexibility index (Phi) is 3.51. The number of hydrogen-bond acceptors (Lipinski definition) is 7. The Morgan fingerprint density at radius 2 is 2.00 bits per heavy atom. The lowest BCUT2D eigenvalue weighted by Gasteiger charge is -1.95. The maximum absolute atomic E-state index is 11.8. The van der Waals surface area contributed by atoms with Gasteiger partial charge in [0.05, 0.1) is 6.26 Å². The molecule has 0 saturated heterocycles. The topological polar surface area (TPSA) is 100 Å². The molecule has 0 radical (unpaired) electrons. The highest BCUT2D eigenvalue weighted by Crippen LogP contribution is 2.21. The fourth-order valence-corrected chi connectivity index (χ4v) is 2.28. The molecule has 0 unspecified atom stereocenters. The second kappa shape index (κ2) is 5.82. The summed E-state index contributed by atoms with van der Waals surface area (Å²) in [5, 5.41) is 12.4. The second-order valence-electron chi connectivity index (χ2n) is 4.82. The Hall–Kier alpha value is -3.13. The predicted molar refractivity (Wildman–Crippen MR) is 82.3 cm³/mol. The highest BCUT2D eigenvalue weighted by Gasteiger charge is 2.16. The molecule has 0 bridgehead atoms. The van der Waals surface area contributed by atoms with Crippen molar-refractivity contribution in [3.05, 3.63) is 64.1 Å². The summed E-state index contributed by atoms with van der Waals surface area (Å²) in [5.74, 6) is 0.307. The Labute approximate surface area is 139 Å². The van der Waals surface area contributed by atoms with Gasteiger partial charge in [-0.1, -0.05) is 17.7 Å².